The zero-order chi connectivity index (χ0) is 17.6. The zero-order valence-corrected chi connectivity index (χ0v) is 14.1. The van der Waals surface area contributed by atoms with Gasteiger partial charge in [-0.25, -0.2) is 17.5 Å². The fourth-order valence-corrected chi connectivity index (χ4v) is 3.17. The number of nitrogens with one attached hydrogen (secondary N) is 2. The minimum Gasteiger partial charge on any atom is -0.355 e. The molecule has 0 atom stereocenters. The lowest BCUT2D eigenvalue weighted by Crippen LogP contribution is -2.37. The molecule has 2 rings (SSSR count). The summed E-state index contributed by atoms with van der Waals surface area (Å²) in [5.41, 5.74) is 1.71. The van der Waals surface area contributed by atoms with Crippen LogP contribution in [-0.4, -0.2) is 27.4 Å². The Morgan fingerprint density at radius 2 is 1.83 bits per heavy atom. The van der Waals surface area contributed by atoms with Gasteiger partial charge in [0.2, 0.25) is 15.9 Å². The molecule has 0 spiro atoms. The van der Waals surface area contributed by atoms with Gasteiger partial charge < -0.3 is 5.32 Å². The Balaban J connectivity index is 1.79. The van der Waals surface area contributed by atoms with Gasteiger partial charge in [-0.2, -0.15) is 0 Å². The minimum absolute atomic E-state index is 0.126. The first-order valence-corrected chi connectivity index (χ1v) is 8.92. The van der Waals surface area contributed by atoms with Gasteiger partial charge in [-0.15, -0.1) is 0 Å². The van der Waals surface area contributed by atoms with Crippen molar-refractivity contribution in [2.24, 2.45) is 0 Å². The number of hydrogen-bond acceptors (Lipinski definition) is 3. The summed E-state index contributed by atoms with van der Waals surface area (Å²) in [6.07, 6.45) is 0.538. The van der Waals surface area contributed by atoms with Crippen LogP contribution < -0.4 is 10.0 Å². The number of halogens is 1. The predicted octanol–water partition coefficient (Wildman–Crippen LogP) is 1.77. The Bertz CT molecular complexity index is 805. The van der Waals surface area contributed by atoms with Gasteiger partial charge in [0.1, 0.15) is 5.82 Å². The second-order valence-electron chi connectivity index (χ2n) is 5.37. The highest BCUT2D eigenvalue weighted by atomic mass is 32.2. The monoisotopic (exact) mass is 350 g/mol. The summed E-state index contributed by atoms with van der Waals surface area (Å²) in [5.74, 6) is -0.735. The molecule has 2 aromatic carbocycles. The van der Waals surface area contributed by atoms with Crippen molar-refractivity contribution in [1.82, 2.24) is 10.0 Å². The third-order valence-corrected chi connectivity index (χ3v) is 4.77. The quantitative estimate of drug-likeness (QED) is 0.799. The molecular formula is C17H19FN2O3S. The summed E-state index contributed by atoms with van der Waals surface area (Å²) in [5, 5.41) is 2.62. The van der Waals surface area contributed by atoms with E-state index >= 15 is 0 Å². The number of benzene rings is 2. The van der Waals surface area contributed by atoms with E-state index in [1.165, 1.54) is 24.3 Å². The van der Waals surface area contributed by atoms with Gasteiger partial charge >= 0.3 is 0 Å². The van der Waals surface area contributed by atoms with E-state index in [2.05, 4.69) is 10.0 Å². The van der Waals surface area contributed by atoms with Crippen LogP contribution in [0, 0.1) is 12.7 Å². The van der Waals surface area contributed by atoms with E-state index < -0.39 is 15.9 Å². The lowest BCUT2D eigenvalue weighted by atomic mass is 10.1. The van der Waals surface area contributed by atoms with Crippen LogP contribution in [-0.2, 0) is 21.2 Å². The Morgan fingerprint density at radius 1 is 1.12 bits per heavy atom. The van der Waals surface area contributed by atoms with Gasteiger partial charge in [0.15, 0.2) is 0 Å². The van der Waals surface area contributed by atoms with E-state index in [9.17, 15) is 17.6 Å². The molecule has 0 unspecified atom stereocenters. The summed E-state index contributed by atoms with van der Waals surface area (Å²) >= 11 is 0. The molecule has 1 amide bonds. The molecule has 0 aliphatic carbocycles. The third-order valence-electron chi connectivity index (χ3n) is 3.37. The maximum Gasteiger partial charge on any atom is 0.241 e. The fraction of sp³-hybridized carbons (Fsp3) is 0.235. The van der Waals surface area contributed by atoms with Crippen molar-refractivity contribution >= 4 is 15.9 Å². The largest absolute Gasteiger partial charge is 0.355 e. The summed E-state index contributed by atoms with van der Waals surface area (Å²) in [7, 11) is -3.71. The molecule has 0 saturated carbocycles. The van der Waals surface area contributed by atoms with Gasteiger partial charge in [-0.3, -0.25) is 4.79 Å². The Kier molecular flexibility index (Phi) is 6.05. The molecular weight excluding hydrogens is 331 g/mol. The maximum absolute atomic E-state index is 12.8. The van der Waals surface area contributed by atoms with Crippen LogP contribution in [0.5, 0.6) is 0 Å². The van der Waals surface area contributed by atoms with Crippen molar-refractivity contribution in [3.63, 3.8) is 0 Å². The van der Waals surface area contributed by atoms with Crippen molar-refractivity contribution in [2.75, 3.05) is 13.1 Å². The molecule has 2 aromatic rings. The molecule has 0 heterocycles. The Morgan fingerprint density at radius 3 is 2.50 bits per heavy atom. The van der Waals surface area contributed by atoms with Crippen molar-refractivity contribution in [1.29, 1.82) is 0 Å². The molecule has 2 N–H and O–H groups in total. The fourth-order valence-electron chi connectivity index (χ4n) is 2.09. The van der Waals surface area contributed by atoms with E-state index in [0.29, 0.717) is 13.0 Å². The van der Waals surface area contributed by atoms with E-state index in [0.717, 1.165) is 11.1 Å². The molecule has 0 fully saturated rings. The number of carbonyl (C=O) groups excluding carboxylic acids is 1. The standard InChI is InChI=1S/C17H19FN2O3S/c1-13-3-2-4-16(11-13)24(22,23)20-12-17(21)19-10-9-14-5-7-15(18)8-6-14/h2-8,11,20H,9-10,12H2,1H3,(H,19,21). The maximum atomic E-state index is 12.8. The molecule has 0 radical (unpaired) electrons. The average Bonchev–Trinajstić information content (AvgIpc) is 2.55. The highest BCUT2D eigenvalue weighted by Gasteiger charge is 2.15. The lowest BCUT2D eigenvalue weighted by molar-refractivity contribution is -0.119. The van der Waals surface area contributed by atoms with Crippen molar-refractivity contribution in [2.45, 2.75) is 18.2 Å². The summed E-state index contributed by atoms with van der Waals surface area (Å²) < 4.78 is 39.2. The van der Waals surface area contributed by atoms with E-state index in [-0.39, 0.29) is 17.3 Å². The van der Waals surface area contributed by atoms with Crippen LogP contribution in [0.1, 0.15) is 11.1 Å². The predicted molar refractivity (Wildman–Crippen MR) is 89.5 cm³/mol. The topological polar surface area (TPSA) is 75.3 Å². The number of sulfonamides is 1. The number of amides is 1. The van der Waals surface area contributed by atoms with Crippen LogP contribution in [0.4, 0.5) is 4.39 Å². The number of aryl methyl sites for hydroxylation is 1. The van der Waals surface area contributed by atoms with Crippen molar-refractivity contribution in [3.05, 3.63) is 65.5 Å². The summed E-state index contributed by atoms with van der Waals surface area (Å²) in [4.78, 5) is 11.9. The molecule has 0 aliphatic rings. The van der Waals surface area contributed by atoms with E-state index in [1.54, 1.807) is 31.2 Å². The van der Waals surface area contributed by atoms with Gasteiger partial charge in [0, 0.05) is 6.54 Å². The molecule has 128 valence electrons. The molecule has 24 heavy (non-hydrogen) atoms. The van der Waals surface area contributed by atoms with Crippen LogP contribution in [0.15, 0.2) is 53.4 Å². The molecule has 0 bridgehead atoms. The van der Waals surface area contributed by atoms with Gasteiger partial charge in [-0.05, 0) is 48.7 Å². The Hall–Kier alpha value is -2.25. The van der Waals surface area contributed by atoms with Crippen molar-refractivity contribution < 1.29 is 17.6 Å². The first-order valence-electron chi connectivity index (χ1n) is 7.44. The zero-order valence-electron chi connectivity index (χ0n) is 13.3. The van der Waals surface area contributed by atoms with Gasteiger partial charge in [0.05, 0.1) is 11.4 Å². The van der Waals surface area contributed by atoms with Crippen LogP contribution in [0.3, 0.4) is 0 Å². The number of rotatable bonds is 7. The molecule has 0 saturated heterocycles. The average molecular weight is 350 g/mol. The SMILES string of the molecule is Cc1cccc(S(=O)(=O)NCC(=O)NCCc2ccc(F)cc2)c1. The normalized spacial score (nSPS) is 11.2. The number of hydrogen-bond donors (Lipinski definition) is 2. The lowest BCUT2D eigenvalue weighted by Gasteiger charge is -2.08. The second-order valence-corrected chi connectivity index (χ2v) is 7.13. The second kappa shape index (κ2) is 8.03. The third kappa shape index (κ3) is 5.43. The van der Waals surface area contributed by atoms with Crippen molar-refractivity contribution in [3.8, 4) is 0 Å². The van der Waals surface area contributed by atoms with Crippen LogP contribution >= 0.6 is 0 Å². The van der Waals surface area contributed by atoms with Crippen LogP contribution in [0.25, 0.3) is 0 Å². The summed E-state index contributed by atoms with van der Waals surface area (Å²) in [6, 6.07) is 12.4. The summed E-state index contributed by atoms with van der Waals surface area (Å²) in [6.45, 7) is 1.80. The molecule has 5 nitrogen and oxygen atoms in total. The van der Waals surface area contributed by atoms with E-state index in [1.807, 2.05) is 0 Å². The van der Waals surface area contributed by atoms with Gasteiger partial charge in [0.25, 0.3) is 0 Å². The highest BCUT2D eigenvalue weighted by Crippen LogP contribution is 2.10. The highest BCUT2D eigenvalue weighted by molar-refractivity contribution is 7.89. The number of carbonyl (C=O) groups is 1. The molecule has 7 heteroatoms. The van der Waals surface area contributed by atoms with E-state index in [4.69, 9.17) is 0 Å². The van der Waals surface area contributed by atoms with Crippen LogP contribution in [0.2, 0.25) is 0 Å². The van der Waals surface area contributed by atoms with Gasteiger partial charge in [-0.1, -0.05) is 24.3 Å². The first-order chi connectivity index (χ1) is 11.4. The first kappa shape index (κ1) is 18.1. The smallest absolute Gasteiger partial charge is 0.241 e. The molecule has 0 aromatic heterocycles. The minimum atomic E-state index is -3.71. The Labute approximate surface area is 141 Å². The molecule has 0 aliphatic heterocycles.